The molecule has 0 aromatic carbocycles. The number of thiocarbonyl (C=S) groups is 1. The van der Waals surface area contributed by atoms with Gasteiger partial charge in [0.15, 0.2) is 0 Å². The Labute approximate surface area is 85.3 Å². The standard InChI is InChI=1S/C9H18N2OS/c1-2-10-9(12)11-7-5-3-4-6-8-13/h8H,2-7H2,1H3,(H2,10,11,12). The molecule has 0 aromatic heterocycles. The van der Waals surface area contributed by atoms with E-state index in [0.717, 1.165) is 32.2 Å². The fourth-order valence-corrected chi connectivity index (χ4v) is 1.12. The van der Waals surface area contributed by atoms with E-state index in [-0.39, 0.29) is 6.03 Å². The normalized spacial score (nSPS) is 9.31. The number of nitrogens with one attached hydrogen (secondary N) is 2. The maximum absolute atomic E-state index is 10.9. The van der Waals surface area contributed by atoms with Gasteiger partial charge in [0, 0.05) is 13.1 Å². The minimum Gasteiger partial charge on any atom is -0.338 e. The van der Waals surface area contributed by atoms with E-state index in [0.29, 0.717) is 6.54 Å². The largest absolute Gasteiger partial charge is 0.338 e. The van der Waals surface area contributed by atoms with Crippen LogP contribution in [0.5, 0.6) is 0 Å². The first-order chi connectivity index (χ1) is 6.31. The third-order valence-electron chi connectivity index (χ3n) is 1.62. The summed E-state index contributed by atoms with van der Waals surface area (Å²) in [5, 5.41) is 7.21. The average molecular weight is 202 g/mol. The molecule has 0 bridgehead atoms. The third-order valence-corrected chi connectivity index (χ3v) is 1.86. The van der Waals surface area contributed by atoms with Crippen molar-refractivity contribution in [2.45, 2.75) is 32.6 Å². The number of rotatable bonds is 7. The summed E-state index contributed by atoms with van der Waals surface area (Å²) in [6.07, 6.45) is 4.27. The van der Waals surface area contributed by atoms with Crippen molar-refractivity contribution in [1.29, 1.82) is 0 Å². The van der Waals surface area contributed by atoms with E-state index in [1.54, 1.807) is 5.37 Å². The molecule has 0 aliphatic heterocycles. The van der Waals surface area contributed by atoms with Gasteiger partial charge >= 0.3 is 6.03 Å². The summed E-state index contributed by atoms with van der Waals surface area (Å²) in [5.41, 5.74) is 0. The number of carbonyl (C=O) groups excluding carboxylic acids is 1. The van der Waals surface area contributed by atoms with Crippen LogP contribution in [0.1, 0.15) is 32.6 Å². The minimum atomic E-state index is -0.0719. The van der Waals surface area contributed by atoms with Crippen molar-refractivity contribution in [2.24, 2.45) is 0 Å². The number of carbonyl (C=O) groups is 1. The SMILES string of the molecule is CCNC(=O)NCCCCCC=S. The highest BCUT2D eigenvalue weighted by Crippen LogP contribution is 1.96. The molecular weight excluding hydrogens is 184 g/mol. The monoisotopic (exact) mass is 202 g/mol. The van der Waals surface area contributed by atoms with E-state index in [1.165, 1.54) is 0 Å². The van der Waals surface area contributed by atoms with Crippen LogP contribution >= 0.6 is 12.2 Å². The number of hydrogen-bond donors (Lipinski definition) is 2. The van der Waals surface area contributed by atoms with E-state index in [2.05, 4.69) is 10.6 Å². The van der Waals surface area contributed by atoms with Gasteiger partial charge in [0.1, 0.15) is 0 Å². The van der Waals surface area contributed by atoms with E-state index >= 15 is 0 Å². The lowest BCUT2D eigenvalue weighted by Gasteiger charge is -2.04. The second-order valence-electron chi connectivity index (χ2n) is 2.80. The third kappa shape index (κ3) is 9.27. The second-order valence-corrected chi connectivity index (χ2v) is 3.14. The van der Waals surface area contributed by atoms with Gasteiger partial charge in [-0.15, -0.1) is 0 Å². The Morgan fingerprint density at radius 3 is 2.69 bits per heavy atom. The molecule has 0 rings (SSSR count). The Balaban J connectivity index is 3.06. The summed E-state index contributed by atoms with van der Waals surface area (Å²) in [4.78, 5) is 10.9. The molecule has 0 radical (unpaired) electrons. The van der Waals surface area contributed by atoms with Crippen molar-refractivity contribution in [1.82, 2.24) is 10.6 Å². The first-order valence-electron chi connectivity index (χ1n) is 4.76. The zero-order chi connectivity index (χ0) is 9.94. The molecule has 0 aromatic rings. The van der Waals surface area contributed by atoms with E-state index in [4.69, 9.17) is 12.2 Å². The zero-order valence-electron chi connectivity index (χ0n) is 8.14. The molecule has 0 unspecified atom stereocenters. The Bertz CT molecular complexity index is 151. The average Bonchev–Trinajstić information content (AvgIpc) is 2.11. The first kappa shape index (κ1) is 12.4. The van der Waals surface area contributed by atoms with E-state index < -0.39 is 0 Å². The molecule has 0 saturated carbocycles. The second kappa shape index (κ2) is 9.45. The summed E-state index contributed by atoms with van der Waals surface area (Å²) in [6, 6.07) is -0.0719. The van der Waals surface area contributed by atoms with Gasteiger partial charge in [-0.2, -0.15) is 0 Å². The van der Waals surface area contributed by atoms with Gasteiger partial charge in [-0.05, 0) is 31.6 Å². The van der Waals surface area contributed by atoms with Crippen molar-refractivity contribution in [3.63, 3.8) is 0 Å². The van der Waals surface area contributed by atoms with Crippen molar-refractivity contribution < 1.29 is 4.79 Å². The predicted octanol–water partition coefficient (Wildman–Crippen LogP) is 1.87. The van der Waals surface area contributed by atoms with Gasteiger partial charge in [-0.3, -0.25) is 0 Å². The molecule has 0 fully saturated rings. The Morgan fingerprint density at radius 2 is 2.08 bits per heavy atom. The molecule has 0 atom stereocenters. The molecule has 0 saturated heterocycles. The highest BCUT2D eigenvalue weighted by molar-refractivity contribution is 7.78. The van der Waals surface area contributed by atoms with Crippen LogP contribution in [0.15, 0.2) is 0 Å². The highest BCUT2D eigenvalue weighted by Gasteiger charge is 1.95. The number of amides is 2. The molecule has 2 N–H and O–H groups in total. The van der Waals surface area contributed by atoms with Crippen LogP contribution in [0.25, 0.3) is 0 Å². The Morgan fingerprint density at radius 1 is 1.31 bits per heavy atom. The summed E-state index contributed by atoms with van der Waals surface area (Å²) in [7, 11) is 0. The van der Waals surface area contributed by atoms with Crippen LogP contribution in [0.2, 0.25) is 0 Å². The fourth-order valence-electron chi connectivity index (χ4n) is 0.954. The molecule has 13 heavy (non-hydrogen) atoms. The number of unbranched alkanes of at least 4 members (excludes halogenated alkanes) is 3. The topological polar surface area (TPSA) is 41.1 Å². The summed E-state index contributed by atoms with van der Waals surface area (Å²) in [5.74, 6) is 0. The highest BCUT2D eigenvalue weighted by atomic mass is 32.1. The smallest absolute Gasteiger partial charge is 0.314 e. The van der Waals surface area contributed by atoms with Crippen molar-refractivity contribution in [3.8, 4) is 0 Å². The van der Waals surface area contributed by atoms with Gasteiger partial charge in [0.2, 0.25) is 0 Å². The van der Waals surface area contributed by atoms with Crippen molar-refractivity contribution in [3.05, 3.63) is 0 Å². The summed E-state index contributed by atoms with van der Waals surface area (Å²) >= 11 is 4.70. The van der Waals surface area contributed by atoms with Gasteiger partial charge in [0.05, 0.1) is 0 Å². The van der Waals surface area contributed by atoms with Crippen LogP contribution in [-0.2, 0) is 0 Å². The minimum absolute atomic E-state index is 0.0719. The van der Waals surface area contributed by atoms with Crippen molar-refractivity contribution in [2.75, 3.05) is 13.1 Å². The Hall–Kier alpha value is -0.640. The molecule has 3 nitrogen and oxygen atoms in total. The predicted molar refractivity (Wildman–Crippen MR) is 59.2 cm³/mol. The van der Waals surface area contributed by atoms with Crippen LogP contribution in [-0.4, -0.2) is 24.5 Å². The van der Waals surface area contributed by atoms with Gasteiger partial charge < -0.3 is 10.6 Å². The van der Waals surface area contributed by atoms with Crippen LogP contribution in [0.4, 0.5) is 4.79 Å². The molecule has 2 amide bonds. The summed E-state index contributed by atoms with van der Waals surface area (Å²) < 4.78 is 0. The number of hydrogen-bond acceptors (Lipinski definition) is 2. The molecule has 0 aliphatic carbocycles. The van der Waals surface area contributed by atoms with E-state index in [9.17, 15) is 4.79 Å². The maximum atomic E-state index is 10.9. The van der Waals surface area contributed by atoms with Gasteiger partial charge in [0.25, 0.3) is 0 Å². The molecule has 0 heterocycles. The fraction of sp³-hybridized carbons (Fsp3) is 0.778. The molecule has 0 spiro atoms. The molecule has 0 aliphatic rings. The van der Waals surface area contributed by atoms with Gasteiger partial charge in [-0.1, -0.05) is 18.6 Å². The lowest BCUT2D eigenvalue weighted by atomic mass is 10.2. The van der Waals surface area contributed by atoms with Crippen LogP contribution < -0.4 is 10.6 Å². The van der Waals surface area contributed by atoms with Gasteiger partial charge in [-0.25, -0.2) is 4.79 Å². The quantitative estimate of drug-likeness (QED) is 0.489. The Kier molecular flexibility index (Phi) is 8.98. The van der Waals surface area contributed by atoms with Crippen molar-refractivity contribution >= 4 is 23.6 Å². The van der Waals surface area contributed by atoms with Crippen LogP contribution in [0.3, 0.4) is 0 Å². The first-order valence-corrected chi connectivity index (χ1v) is 5.23. The number of urea groups is 1. The molecular formula is C9H18N2OS. The molecule has 76 valence electrons. The van der Waals surface area contributed by atoms with E-state index in [1.807, 2.05) is 6.92 Å². The maximum Gasteiger partial charge on any atom is 0.314 e. The van der Waals surface area contributed by atoms with Crippen LogP contribution in [0, 0.1) is 0 Å². The zero-order valence-corrected chi connectivity index (χ0v) is 8.95. The lowest BCUT2D eigenvalue weighted by molar-refractivity contribution is 0.241. The summed E-state index contributed by atoms with van der Waals surface area (Å²) in [6.45, 7) is 3.33. The molecule has 4 heteroatoms. The lowest BCUT2D eigenvalue weighted by Crippen LogP contribution is -2.35.